The maximum Gasteiger partial charge on any atom is 0.254 e. The molecule has 18 heavy (non-hydrogen) atoms. The Morgan fingerprint density at radius 1 is 1.11 bits per heavy atom. The van der Waals surface area contributed by atoms with E-state index in [9.17, 15) is 4.79 Å². The summed E-state index contributed by atoms with van der Waals surface area (Å²) >= 11 is 14.3. The second kappa shape index (κ2) is 8.99. The molecule has 1 N–H and O–H groups in total. The fourth-order valence-electron chi connectivity index (χ4n) is 1.58. The molecule has 2 nitrogen and oxygen atoms in total. The topological polar surface area (TPSA) is 29.1 Å². The monoisotopic (exact) mass is 399 g/mol. The van der Waals surface area contributed by atoms with E-state index in [0.717, 1.165) is 12.8 Å². The van der Waals surface area contributed by atoms with Gasteiger partial charge in [-0.05, 0) is 29.4 Å². The van der Waals surface area contributed by atoms with Crippen molar-refractivity contribution < 1.29 is 4.79 Å². The van der Waals surface area contributed by atoms with Gasteiger partial charge in [-0.15, -0.1) is 0 Å². The first kappa shape index (κ1) is 16.1. The Hall–Kier alpha value is -0.000000000000000111. The van der Waals surface area contributed by atoms with Gasteiger partial charge in [-0.1, -0.05) is 64.7 Å². The molecule has 0 fully saturated rings. The van der Waals surface area contributed by atoms with Crippen LogP contribution in [0.1, 0.15) is 36.0 Å². The number of unbranched alkanes of at least 4 members (excludes halogenated alkanes) is 3. The van der Waals surface area contributed by atoms with Gasteiger partial charge < -0.3 is 5.32 Å². The molecule has 0 unspecified atom stereocenters. The summed E-state index contributed by atoms with van der Waals surface area (Å²) in [5.41, 5.74) is 0.369. The smallest absolute Gasteiger partial charge is 0.254 e. The van der Waals surface area contributed by atoms with Crippen molar-refractivity contribution in [2.45, 2.75) is 25.7 Å². The Labute approximate surface area is 132 Å². The van der Waals surface area contributed by atoms with E-state index in [2.05, 4.69) is 27.9 Å². The highest BCUT2D eigenvalue weighted by Crippen LogP contribution is 2.23. The van der Waals surface area contributed by atoms with Gasteiger partial charge in [0.15, 0.2) is 0 Å². The molecule has 0 bridgehead atoms. The Morgan fingerprint density at radius 3 is 2.33 bits per heavy atom. The molecular weight excluding hydrogens is 384 g/mol. The standard InChI is InChI=1S/C13H16Cl2INO/c14-10-6-5-7-11(15)12(10)13(18)17-9-4-2-1-3-8-16/h5-7H,1-4,8-9H2,(H,17,18). The maximum atomic E-state index is 11.9. The zero-order chi connectivity index (χ0) is 13.4. The van der Waals surface area contributed by atoms with Gasteiger partial charge in [0, 0.05) is 6.54 Å². The highest BCUT2D eigenvalue weighted by Gasteiger charge is 2.13. The summed E-state index contributed by atoms with van der Waals surface area (Å²) in [5, 5.41) is 3.63. The number of hydrogen-bond donors (Lipinski definition) is 1. The highest BCUT2D eigenvalue weighted by atomic mass is 127. The molecule has 0 heterocycles. The molecule has 1 aromatic rings. The molecule has 1 rings (SSSR count). The molecule has 1 aromatic carbocycles. The van der Waals surface area contributed by atoms with E-state index in [1.165, 1.54) is 17.3 Å². The van der Waals surface area contributed by atoms with Crippen LogP contribution < -0.4 is 5.32 Å². The lowest BCUT2D eigenvalue weighted by Crippen LogP contribution is -2.25. The zero-order valence-electron chi connectivity index (χ0n) is 10.0. The van der Waals surface area contributed by atoms with E-state index in [4.69, 9.17) is 23.2 Å². The first-order chi connectivity index (χ1) is 8.66. The Kier molecular flexibility index (Phi) is 8.02. The van der Waals surface area contributed by atoms with E-state index in [0.29, 0.717) is 22.2 Å². The van der Waals surface area contributed by atoms with E-state index < -0.39 is 0 Å². The van der Waals surface area contributed by atoms with Gasteiger partial charge in [-0.3, -0.25) is 4.79 Å². The normalized spacial score (nSPS) is 10.4. The number of carbonyl (C=O) groups is 1. The van der Waals surface area contributed by atoms with Crippen molar-refractivity contribution in [3.63, 3.8) is 0 Å². The van der Waals surface area contributed by atoms with E-state index >= 15 is 0 Å². The molecule has 0 spiro atoms. The van der Waals surface area contributed by atoms with Crippen LogP contribution in [-0.4, -0.2) is 16.9 Å². The molecule has 0 radical (unpaired) electrons. The summed E-state index contributed by atoms with van der Waals surface area (Å²) in [7, 11) is 0. The third-order valence-electron chi connectivity index (χ3n) is 2.54. The van der Waals surface area contributed by atoms with Crippen molar-refractivity contribution in [2.75, 3.05) is 11.0 Å². The lowest BCUT2D eigenvalue weighted by atomic mass is 10.2. The minimum atomic E-state index is -0.195. The molecule has 0 aliphatic carbocycles. The number of carbonyl (C=O) groups excluding carboxylic acids is 1. The molecule has 0 atom stereocenters. The fourth-order valence-corrected chi connectivity index (χ4v) is 2.69. The van der Waals surface area contributed by atoms with Crippen molar-refractivity contribution in [1.82, 2.24) is 5.32 Å². The lowest BCUT2D eigenvalue weighted by Gasteiger charge is -2.08. The van der Waals surface area contributed by atoms with Gasteiger partial charge >= 0.3 is 0 Å². The minimum Gasteiger partial charge on any atom is -0.352 e. The van der Waals surface area contributed by atoms with Gasteiger partial charge in [0.05, 0.1) is 15.6 Å². The number of hydrogen-bond acceptors (Lipinski definition) is 1. The molecule has 0 aromatic heterocycles. The lowest BCUT2D eigenvalue weighted by molar-refractivity contribution is 0.0953. The van der Waals surface area contributed by atoms with Gasteiger partial charge in [-0.2, -0.15) is 0 Å². The van der Waals surface area contributed by atoms with Crippen LogP contribution in [0, 0.1) is 0 Å². The SMILES string of the molecule is O=C(NCCCCCCI)c1c(Cl)cccc1Cl. The second-order valence-electron chi connectivity index (χ2n) is 3.96. The molecule has 0 saturated heterocycles. The summed E-state index contributed by atoms with van der Waals surface area (Å²) in [4.78, 5) is 11.9. The average molecular weight is 400 g/mol. The quantitative estimate of drug-likeness (QED) is 0.401. The van der Waals surface area contributed by atoms with E-state index in [1.807, 2.05) is 0 Å². The maximum absolute atomic E-state index is 11.9. The van der Waals surface area contributed by atoms with Crippen molar-refractivity contribution in [3.8, 4) is 0 Å². The number of alkyl halides is 1. The Morgan fingerprint density at radius 2 is 1.72 bits per heavy atom. The van der Waals surface area contributed by atoms with Gasteiger partial charge in [0.1, 0.15) is 0 Å². The second-order valence-corrected chi connectivity index (χ2v) is 5.85. The molecule has 0 aliphatic heterocycles. The zero-order valence-corrected chi connectivity index (χ0v) is 13.7. The fraction of sp³-hybridized carbons (Fsp3) is 0.462. The largest absolute Gasteiger partial charge is 0.352 e. The van der Waals surface area contributed by atoms with Crippen LogP contribution in [0.5, 0.6) is 0 Å². The van der Waals surface area contributed by atoms with E-state index in [-0.39, 0.29) is 5.91 Å². The summed E-state index contributed by atoms with van der Waals surface area (Å²) < 4.78 is 1.19. The number of nitrogens with one attached hydrogen (secondary N) is 1. The summed E-state index contributed by atoms with van der Waals surface area (Å²) in [6.45, 7) is 0.668. The van der Waals surface area contributed by atoms with Crippen molar-refractivity contribution in [1.29, 1.82) is 0 Å². The van der Waals surface area contributed by atoms with E-state index in [1.54, 1.807) is 18.2 Å². The average Bonchev–Trinajstić information content (AvgIpc) is 2.33. The molecule has 0 saturated carbocycles. The predicted octanol–water partition coefficient (Wildman–Crippen LogP) is 4.72. The van der Waals surface area contributed by atoms with Gasteiger partial charge in [-0.25, -0.2) is 0 Å². The number of benzene rings is 1. The number of amides is 1. The van der Waals surface area contributed by atoms with Crippen LogP contribution in [0.25, 0.3) is 0 Å². The summed E-state index contributed by atoms with van der Waals surface area (Å²) in [6, 6.07) is 5.07. The minimum absolute atomic E-state index is 0.195. The summed E-state index contributed by atoms with van der Waals surface area (Å²) in [6.07, 6.45) is 4.58. The Bertz CT molecular complexity index is 378. The molecule has 1 amide bonds. The molecule has 0 aliphatic rings. The number of rotatable bonds is 7. The number of halogens is 3. The van der Waals surface area contributed by atoms with Gasteiger partial charge in [0.25, 0.3) is 5.91 Å². The Balaban J connectivity index is 2.37. The van der Waals surface area contributed by atoms with Crippen LogP contribution in [0.2, 0.25) is 10.0 Å². The predicted molar refractivity (Wildman–Crippen MR) is 86.2 cm³/mol. The van der Waals surface area contributed by atoms with Crippen LogP contribution in [0.15, 0.2) is 18.2 Å². The molecule has 100 valence electrons. The third-order valence-corrected chi connectivity index (χ3v) is 3.93. The van der Waals surface area contributed by atoms with Crippen LogP contribution in [0.4, 0.5) is 0 Å². The van der Waals surface area contributed by atoms with Crippen molar-refractivity contribution in [2.24, 2.45) is 0 Å². The van der Waals surface area contributed by atoms with Gasteiger partial charge in [0.2, 0.25) is 0 Å². The highest BCUT2D eigenvalue weighted by molar-refractivity contribution is 14.1. The first-order valence-corrected chi connectivity index (χ1v) is 8.23. The first-order valence-electron chi connectivity index (χ1n) is 5.95. The van der Waals surface area contributed by atoms with Crippen LogP contribution in [-0.2, 0) is 0 Å². The summed E-state index contributed by atoms with van der Waals surface area (Å²) in [5.74, 6) is -0.195. The van der Waals surface area contributed by atoms with Crippen molar-refractivity contribution in [3.05, 3.63) is 33.8 Å². The van der Waals surface area contributed by atoms with Crippen LogP contribution in [0.3, 0.4) is 0 Å². The molecular formula is C13H16Cl2INO. The van der Waals surface area contributed by atoms with Crippen molar-refractivity contribution >= 4 is 51.7 Å². The molecule has 5 heteroatoms. The van der Waals surface area contributed by atoms with Crippen LogP contribution >= 0.6 is 45.8 Å². The third kappa shape index (κ3) is 5.33.